The van der Waals surface area contributed by atoms with Gasteiger partial charge in [0.05, 0.1) is 30.3 Å². The van der Waals surface area contributed by atoms with Crippen LogP contribution >= 0.6 is 0 Å². The fourth-order valence-corrected chi connectivity index (χ4v) is 3.62. The van der Waals surface area contributed by atoms with Gasteiger partial charge >= 0.3 is 0 Å². The third-order valence-corrected chi connectivity index (χ3v) is 5.07. The van der Waals surface area contributed by atoms with Crippen molar-refractivity contribution >= 4 is 16.9 Å². The minimum atomic E-state index is -0.277. The van der Waals surface area contributed by atoms with Gasteiger partial charge in [0.15, 0.2) is 5.65 Å². The summed E-state index contributed by atoms with van der Waals surface area (Å²) in [6, 6.07) is 10.3. The summed E-state index contributed by atoms with van der Waals surface area (Å²) in [7, 11) is 0. The topological polar surface area (TPSA) is 108 Å². The van der Waals surface area contributed by atoms with Gasteiger partial charge < -0.3 is 10.1 Å². The van der Waals surface area contributed by atoms with Crippen molar-refractivity contribution in [1.29, 1.82) is 0 Å². The number of fused-ring (bicyclic) bond motifs is 1. The second-order valence-electron chi connectivity index (χ2n) is 7.09. The number of anilines is 1. The van der Waals surface area contributed by atoms with Crippen LogP contribution in [0.4, 0.5) is 5.82 Å². The van der Waals surface area contributed by atoms with Crippen LogP contribution in [0.2, 0.25) is 0 Å². The van der Waals surface area contributed by atoms with Crippen molar-refractivity contribution in [3.8, 4) is 11.3 Å². The van der Waals surface area contributed by atoms with E-state index in [1.807, 2.05) is 31.2 Å². The number of nitrogens with one attached hydrogen (secondary N) is 1. The Bertz CT molecular complexity index is 1260. The van der Waals surface area contributed by atoms with Crippen molar-refractivity contribution in [1.82, 2.24) is 29.7 Å². The van der Waals surface area contributed by atoms with E-state index in [0.717, 1.165) is 10.9 Å². The average molecular weight is 401 g/mol. The zero-order valence-corrected chi connectivity index (χ0v) is 16.3. The zero-order valence-electron chi connectivity index (χ0n) is 16.3. The second kappa shape index (κ2) is 7.60. The van der Waals surface area contributed by atoms with Gasteiger partial charge in [0.1, 0.15) is 17.7 Å². The summed E-state index contributed by atoms with van der Waals surface area (Å²) >= 11 is 0. The first-order valence-corrected chi connectivity index (χ1v) is 9.63. The molecule has 1 N–H and O–H groups in total. The Morgan fingerprint density at radius 2 is 1.93 bits per heavy atom. The normalized spacial score (nSPS) is 18.6. The molecule has 150 valence electrons. The molecule has 0 saturated carbocycles. The van der Waals surface area contributed by atoms with Gasteiger partial charge in [0, 0.05) is 30.2 Å². The summed E-state index contributed by atoms with van der Waals surface area (Å²) in [6.45, 7) is 2.64. The molecule has 0 spiro atoms. The van der Waals surface area contributed by atoms with Gasteiger partial charge in [-0.05, 0) is 37.3 Å². The van der Waals surface area contributed by atoms with Crippen LogP contribution in [0.3, 0.4) is 0 Å². The predicted molar refractivity (Wildman–Crippen MR) is 111 cm³/mol. The highest BCUT2D eigenvalue weighted by Gasteiger charge is 2.32. The van der Waals surface area contributed by atoms with E-state index >= 15 is 0 Å². The largest absolute Gasteiger partial charge is 0.377 e. The van der Waals surface area contributed by atoms with Crippen LogP contribution < -0.4 is 10.9 Å². The van der Waals surface area contributed by atoms with E-state index in [4.69, 9.17) is 4.74 Å². The molecule has 2 unspecified atom stereocenters. The third kappa shape index (κ3) is 3.39. The molecule has 1 aliphatic rings. The lowest BCUT2D eigenvalue weighted by Crippen LogP contribution is -2.37. The van der Waals surface area contributed by atoms with Crippen molar-refractivity contribution in [2.24, 2.45) is 0 Å². The van der Waals surface area contributed by atoms with Crippen LogP contribution in [0.1, 0.15) is 11.9 Å². The van der Waals surface area contributed by atoms with E-state index in [0.29, 0.717) is 36.2 Å². The lowest BCUT2D eigenvalue weighted by molar-refractivity contribution is 0.183. The maximum Gasteiger partial charge on any atom is 0.267 e. The molecule has 1 fully saturated rings. The molecule has 2 atom stereocenters. The van der Waals surface area contributed by atoms with Gasteiger partial charge in [0.2, 0.25) is 0 Å². The number of hydrogen-bond donors (Lipinski definition) is 1. The second-order valence-corrected chi connectivity index (χ2v) is 7.09. The SMILES string of the molecule is Cc1nc(NC2COCC2n2nc(-c3ccncc3)ccc2=O)c2cccnc2n1. The van der Waals surface area contributed by atoms with Crippen LogP contribution in [0.15, 0.2) is 59.8 Å². The summed E-state index contributed by atoms with van der Waals surface area (Å²) in [5.74, 6) is 1.29. The van der Waals surface area contributed by atoms with Gasteiger partial charge in [-0.2, -0.15) is 5.10 Å². The first kappa shape index (κ1) is 18.3. The first-order chi connectivity index (χ1) is 14.7. The zero-order chi connectivity index (χ0) is 20.5. The van der Waals surface area contributed by atoms with Gasteiger partial charge in [0.25, 0.3) is 5.56 Å². The fourth-order valence-electron chi connectivity index (χ4n) is 3.62. The Hall–Kier alpha value is -3.72. The monoisotopic (exact) mass is 401 g/mol. The first-order valence-electron chi connectivity index (χ1n) is 9.63. The van der Waals surface area contributed by atoms with Crippen LogP contribution in [0.25, 0.3) is 22.3 Å². The highest BCUT2D eigenvalue weighted by atomic mass is 16.5. The quantitative estimate of drug-likeness (QED) is 0.553. The third-order valence-electron chi connectivity index (χ3n) is 5.07. The molecule has 0 radical (unpaired) electrons. The maximum absolute atomic E-state index is 12.6. The molecule has 4 aromatic rings. The number of ether oxygens (including phenoxy) is 1. The van der Waals surface area contributed by atoms with Crippen molar-refractivity contribution in [2.75, 3.05) is 18.5 Å². The molecule has 0 bridgehead atoms. The fraction of sp³-hybridized carbons (Fsp3) is 0.238. The number of rotatable bonds is 4. The van der Waals surface area contributed by atoms with Gasteiger partial charge in [-0.25, -0.2) is 19.6 Å². The minimum Gasteiger partial charge on any atom is -0.377 e. The summed E-state index contributed by atoms with van der Waals surface area (Å²) in [5, 5.41) is 8.86. The lowest BCUT2D eigenvalue weighted by Gasteiger charge is -2.22. The van der Waals surface area contributed by atoms with Gasteiger partial charge in [-0.15, -0.1) is 0 Å². The average Bonchev–Trinajstić information content (AvgIpc) is 3.22. The Labute approximate surface area is 171 Å². The molecule has 9 heteroatoms. The number of aromatic nitrogens is 6. The van der Waals surface area contributed by atoms with E-state index in [1.165, 1.54) is 10.7 Å². The molecule has 1 saturated heterocycles. The van der Waals surface area contributed by atoms with Crippen LogP contribution in [0.5, 0.6) is 0 Å². The number of nitrogens with zero attached hydrogens (tertiary/aromatic N) is 6. The van der Waals surface area contributed by atoms with Crippen molar-refractivity contribution < 1.29 is 4.74 Å². The van der Waals surface area contributed by atoms with Crippen molar-refractivity contribution in [3.63, 3.8) is 0 Å². The van der Waals surface area contributed by atoms with Gasteiger partial charge in [-0.3, -0.25) is 9.78 Å². The summed E-state index contributed by atoms with van der Waals surface area (Å²) in [6.07, 6.45) is 5.10. The summed E-state index contributed by atoms with van der Waals surface area (Å²) in [4.78, 5) is 29.9. The van der Waals surface area contributed by atoms with E-state index in [1.54, 1.807) is 24.7 Å². The molecule has 5 rings (SSSR count). The number of hydrogen-bond acceptors (Lipinski definition) is 8. The predicted octanol–water partition coefficient (Wildman–Crippen LogP) is 2.00. The van der Waals surface area contributed by atoms with Crippen LogP contribution in [-0.2, 0) is 4.74 Å². The molecule has 1 aliphatic heterocycles. The molecular weight excluding hydrogens is 382 g/mol. The minimum absolute atomic E-state index is 0.180. The Balaban J connectivity index is 1.50. The number of pyridine rings is 2. The Morgan fingerprint density at radius 3 is 2.80 bits per heavy atom. The standard InChI is InChI=1S/C21H19N7O2/c1-13-24-20-15(3-2-8-23-20)21(25-13)26-17-11-30-12-18(17)28-19(29)5-4-16(27-28)14-6-9-22-10-7-14/h2-10,17-18H,11-12H2,1H3,(H,23,24,25,26). The smallest absolute Gasteiger partial charge is 0.267 e. The molecule has 5 heterocycles. The van der Waals surface area contributed by atoms with E-state index in [2.05, 4.69) is 30.4 Å². The van der Waals surface area contributed by atoms with E-state index in [9.17, 15) is 4.79 Å². The van der Waals surface area contributed by atoms with Crippen LogP contribution in [-0.4, -0.2) is 49.0 Å². The molecule has 30 heavy (non-hydrogen) atoms. The highest BCUT2D eigenvalue weighted by molar-refractivity contribution is 5.86. The molecule has 4 aromatic heterocycles. The van der Waals surface area contributed by atoms with Crippen molar-refractivity contribution in [2.45, 2.75) is 19.0 Å². The molecule has 0 aromatic carbocycles. The number of aryl methyl sites for hydroxylation is 1. The molecular formula is C21H19N7O2. The maximum atomic E-state index is 12.6. The lowest BCUT2D eigenvalue weighted by atomic mass is 10.1. The molecule has 9 nitrogen and oxygen atoms in total. The van der Waals surface area contributed by atoms with Crippen LogP contribution in [0, 0.1) is 6.92 Å². The van der Waals surface area contributed by atoms with E-state index < -0.39 is 0 Å². The summed E-state index contributed by atoms with van der Waals surface area (Å²) < 4.78 is 7.20. The van der Waals surface area contributed by atoms with Crippen molar-refractivity contribution in [3.05, 3.63) is 71.2 Å². The molecule has 0 amide bonds. The Morgan fingerprint density at radius 1 is 1.07 bits per heavy atom. The summed E-state index contributed by atoms with van der Waals surface area (Å²) in [5.41, 5.74) is 2.04. The Kier molecular flexibility index (Phi) is 4.64. The van der Waals surface area contributed by atoms with Gasteiger partial charge in [-0.1, -0.05) is 0 Å². The molecule has 0 aliphatic carbocycles. The van der Waals surface area contributed by atoms with E-state index in [-0.39, 0.29) is 17.6 Å². The highest BCUT2D eigenvalue weighted by Crippen LogP contribution is 2.25.